The van der Waals surface area contributed by atoms with Gasteiger partial charge in [-0.3, -0.25) is 0 Å². The largest absolute Gasteiger partial charge is 0.406 e. The van der Waals surface area contributed by atoms with Crippen molar-refractivity contribution in [2.24, 2.45) is 0 Å². The van der Waals surface area contributed by atoms with Crippen LogP contribution < -0.4 is 0 Å². The Kier molecular flexibility index (Phi) is 11.3. The summed E-state index contributed by atoms with van der Waals surface area (Å²) in [4.78, 5) is 0. The molecule has 0 saturated carbocycles. The maximum atomic E-state index is 8.92. The van der Waals surface area contributed by atoms with Gasteiger partial charge in [0.1, 0.15) is 6.10 Å². The molecule has 1 unspecified atom stereocenters. The van der Waals surface area contributed by atoms with Crippen LogP contribution in [-0.2, 0) is 8.85 Å². The van der Waals surface area contributed by atoms with Crippen molar-refractivity contribution in [2.75, 3.05) is 13.2 Å². The van der Waals surface area contributed by atoms with Crippen molar-refractivity contribution >= 4 is 16.6 Å². The summed E-state index contributed by atoms with van der Waals surface area (Å²) in [6, 6.07) is 0. The van der Waals surface area contributed by atoms with Crippen molar-refractivity contribution in [3.05, 3.63) is 0 Å². The van der Waals surface area contributed by atoms with Crippen LogP contribution in [0, 0.1) is 24.2 Å². The summed E-state index contributed by atoms with van der Waals surface area (Å²) >= 11 is 0. The lowest BCUT2D eigenvalue weighted by Gasteiger charge is -2.35. The maximum absolute atomic E-state index is 8.92. The molecule has 0 amide bonds. The van der Waals surface area contributed by atoms with Gasteiger partial charge in [0.2, 0.25) is 0 Å². The third kappa shape index (κ3) is 11.6. The Hall–Kier alpha value is -0.566. The summed E-state index contributed by atoms with van der Waals surface area (Å²) in [6.07, 6.45) is 4.57. The molecule has 0 aliphatic carbocycles. The Labute approximate surface area is 159 Å². The van der Waals surface area contributed by atoms with Crippen LogP contribution in [0.3, 0.4) is 0 Å². The molecule has 1 atom stereocenters. The van der Waals surface area contributed by atoms with E-state index in [-0.39, 0.29) is 10.1 Å². The first-order valence-electron chi connectivity index (χ1n) is 8.86. The molecule has 0 aromatic rings. The van der Waals surface area contributed by atoms with Gasteiger partial charge in [0, 0.05) is 0 Å². The second-order valence-corrected chi connectivity index (χ2v) is 18.9. The maximum Gasteiger partial charge on any atom is 0.193 e. The summed E-state index contributed by atoms with van der Waals surface area (Å²) in [5.74, 6) is 8.01. The van der Waals surface area contributed by atoms with Crippen molar-refractivity contribution in [3.63, 3.8) is 0 Å². The lowest BCUT2D eigenvalue weighted by Crippen LogP contribution is -2.40. The van der Waals surface area contributed by atoms with E-state index in [0.717, 1.165) is 0 Å². The van der Waals surface area contributed by atoms with E-state index >= 15 is 0 Å². The zero-order valence-corrected chi connectivity index (χ0v) is 20.3. The van der Waals surface area contributed by atoms with Gasteiger partial charge in [0.15, 0.2) is 16.6 Å². The molecule has 0 aliphatic rings. The molecule has 0 radical (unpaired) electrons. The molecule has 3 nitrogen and oxygen atoms in total. The molecule has 0 rings (SSSR count). The van der Waals surface area contributed by atoms with Crippen molar-refractivity contribution in [1.29, 1.82) is 0 Å². The number of rotatable bonds is 4. The molecule has 0 aromatic heterocycles. The van der Waals surface area contributed by atoms with Gasteiger partial charge in [-0.25, -0.2) is 0 Å². The van der Waals surface area contributed by atoms with E-state index in [1.807, 2.05) is 0 Å². The quantitative estimate of drug-likeness (QED) is 0.545. The topological polar surface area (TPSA) is 38.7 Å². The van der Waals surface area contributed by atoms with Crippen LogP contribution >= 0.6 is 0 Å². The molecule has 0 bridgehead atoms. The van der Waals surface area contributed by atoms with Gasteiger partial charge >= 0.3 is 0 Å². The zero-order valence-electron chi connectivity index (χ0n) is 18.3. The Balaban J connectivity index is 0. The van der Waals surface area contributed by atoms with Gasteiger partial charge in [0.05, 0.1) is 13.2 Å². The molecule has 5 heteroatoms. The molecule has 0 fully saturated rings. The van der Waals surface area contributed by atoms with E-state index in [2.05, 4.69) is 85.5 Å². The van der Waals surface area contributed by atoms with E-state index in [1.165, 1.54) is 0 Å². The molecular formula is C20H40O3Si2. The summed E-state index contributed by atoms with van der Waals surface area (Å²) in [7, 11) is -3.23. The van der Waals surface area contributed by atoms with Gasteiger partial charge in [-0.1, -0.05) is 59.3 Å². The molecule has 0 heterocycles. The van der Waals surface area contributed by atoms with Crippen molar-refractivity contribution in [3.8, 4) is 24.2 Å². The van der Waals surface area contributed by atoms with E-state index in [9.17, 15) is 0 Å². The fraction of sp³-hybridized carbons (Fsp3) is 0.800. The van der Waals surface area contributed by atoms with Crippen LogP contribution in [0.15, 0.2) is 0 Å². The Morgan fingerprint density at radius 2 is 1.24 bits per heavy atom. The number of hydrogen-bond acceptors (Lipinski definition) is 3. The highest BCUT2D eigenvalue weighted by Crippen LogP contribution is 2.36. The molecule has 146 valence electrons. The summed E-state index contributed by atoms with van der Waals surface area (Å²) in [6.45, 7) is 24.5. The SMILES string of the molecule is C#CCO[Si](C)(C)C(C)(C)C.CC(O)C#CCO[Si](C)(C)C(C)(C)C. The highest BCUT2D eigenvalue weighted by molar-refractivity contribution is 6.74. The molecule has 0 aromatic carbocycles. The van der Waals surface area contributed by atoms with Gasteiger partial charge < -0.3 is 14.0 Å². The smallest absolute Gasteiger partial charge is 0.193 e. The predicted molar refractivity (Wildman–Crippen MR) is 115 cm³/mol. The first-order chi connectivity index (χ1) is 11.0. The molecule has 0 aliphatic heterocycles. The van der Waals surface area contributed by atoms with Crippen LogP contribution in [0.1, 0.15) is 48.5 Å². The normalized spacial score (nSPS) is 13.7. The van der Waals surface area contributed by atoms with E-state index in [4.69, 9.17) is 20.4 Å². The summed E-state index contributed by atoms with van der Waals surface area (Å²) < 4.78 is 11.4. The summed E-state index contributed by atoms with van der Waals surface area (Å²) in [5.41, 5.74) is 0. The number of terminal acetylenes is 1. The lowest BCUT2D eigenvalue weighted by molar-refractivity contribution is 0.252. The average molecular weight is 385 g/mol. The van der Waals surface area contributed by atoms with Crippen LogP contribution in [0.5, 0.6) is 0 Å². The monoisotopic (exact) mass is 384 g/mol. The van der Waals surface area contributed by atoms with E-state index < -0.39 is 22.7 Å². The van der Waals surface area contributed by atoms with E-state index in [1.54, 1.807) is 6.92 Å². The van der Waals surface area contributed by atoms with Crippen molar-refractivity contribution in [1.82, 2.24) is 0 Å². The molecule has 1 N–H and O–H groups in total. The van der Waals surface area contributed by atoms with Crippen LogP contribution in [-0.4, -0.2) is 41.1 Å². The van der Waals surface area contributed by atoms with Gasteiger partial charge in [-0.15, -0.1) is 6.42 Å². The number of aliphatic hydroxyl groups excluding tert-OH is 1. The van der Waals surface area contributed by atoms with Crippen LogP contribution in [0.2, 0.25) is 36.3 Å². The van der Waals surface area contributed by atoms with E-state index in [0.29, 0.717) is 13.2 Å². The fourth-order valence-corrected chi connectivity index (χ4v) is 2.80. The first kappa shape index (κ1) is 26.7. The average Bonchev–Trinajstić information content (AvgIpc) is 2.39. The van der Waals surface area contributed by atoms with Crippen molar-refractivity contribution < 1.29 is 14.0 Å². The third-order valence-electron chi connectivity index (χ3n) is 4.94. The minimum atomic E-state index is -1.66. The zero-order chi connectivity index (χ0) is 20.5. The Morgan fingerprint density at radius 3 is 1.52 bits per heavy atom. The lowest BCUT2D eigenvalue weighted by atomic mass is 10.2. The minimum Gasteiger partial charge on any atom is -0.406 e. The van der Waals surface area contributed by atoms with Gasteiger partial charge in [0.25, 0.3) is 0 Å². The first-order valence-corrected chi connectivity index (χ1v) is 14.7. The highest BCUT2D eigenvalue weighted by Gasteiger charge is 2.37. The van der Waals surface area contributed by atoms with Gasteiger partial charge in [-0.05, 0) is 43.2 Å². The van der Waals surface area contributed by atoms with Gasteiger partial charge in [-0.2, -0.15) is 0 Å². The molecule has 25 heavy (non-hydrogen) atoms. The minimum absolute atomic E-state index is 0.222. The predicted octanol–water partition coefficient (Wildman–Crippen LogP) is 5.03. The standard InChI is InChI=1S/C11H22O2Si.C9H18OSi/c1-10(12)8-7-9-13-14(5,6)11(2,3)4;1-7-8-10-11(5,6)9(2,3)4/h10,12H,9H2,1-6H3;1H,8H2,2-6H3. The molecular weight excluding hydrogens is 344 g/mol. The Morgan fingerprint density at radius 1 is 0.880 bits per heavy atom. The fourth-order valence-electron chi connectivity index (χ4n) is 1.06. The number of aliphatic hydroxyl groups is 1. The van der Waals surface area contributed by atoms with Crippen LogP contribution in [0.25, 0.3) is 0 Å². The second-order valence-electron chi connectivity index (χ2n) is 9.30. The van der Waals surface area contributed by atoms with Crippen LogP contribution in [0.4, 0.5) is 0 Å². The molecule has 0 spiro atoms. The highest BCUT2D eigenvalue weighted by atomic mass is 28.4. The Bertz CT molecular complexity index is 478. The third-order valence-corrected chi connectivity index (χ3v) is 13.9. The number of hydrogen-bond donors (Lipinski definition) is 1. The summed E-state index contributed by atoms with van der Waals surface area (Å²) in [5, 5.41) is 9.41. The second kappa shape index (κ2) is 10.6. The molecule has 0 saturated heterocycles. The van der Waals surface area contributed by atoms with Crippen molar-refractivity contribution in [2.45, 2.75) is 90.8 Å².